The maximum atomic E-state index is 10.8. The van der Waals surface area contributed by atoms with Gasteiger partial charge in [-0.25, -0.2) is 13.1 Å². The van der Waals surface area contributed by atoms with Crippen LogP contribution in [0.2, 0.25) is 0 Å². The molecule has 0 spiro atoms. The van der Waals surface area contributed by atoms with Crippen LogP contribution in [0.25, 0.3) is 0 Å². The molecule has 0 saturated carbocycles. The van der Waals surface area contributed by atoms with Crippen molar-refractivity contribution >= 4 is 10.0 Å². The van der Waals surface area contributed by atoms with Crippen molar-refractivity contribution < 1.29 is 8.42 Å². The van der Waals surface area contributed by atoms with Gasteiger partial charge in [0.1, 0.15) is 0 Å². The third-order valence-electron chi connectivity index (χ3n) is 0.944. The van der Waals surface area contributed by atoms with E-state index in [1.54, 1.807) is 6.92 Å². The van der Waals surface area contributed by atoms with Gasteiger partial charge in [-0.3, -0.25) is 0 Å². The lowest BCUT2D eigenvalue weighted by atomic mass is 10.6. The van der Waals surface area contributed by atoms with Gasteiger partial charge in [0.2, 0.25) is 10.0 Å². The Kier molecular flexibility index (Phi) is 4.86. The molecule has 5 heteroatoms. The first-order chi connectivity index (χ1) is 5.12. The van der Waals surface area contributed by atoms with Gasteiger partial charge in [-0.1, -0.05) is 5.92 Å². The highest BCUT2D eigenvalue weighted by atomic mass is 32.2. The van der Waals surface area contributed by atoms with Crippen molar-refractivity contribution in [2.75, 3.05) is 18.8 Å². The molecular weight excluding hydrogens is 164 g/mol. The lowest BCUT2D eigenvalue weighted by molar-refractivity contribution is 0.586. The van der Waals surface area contributed by atoms with Crippen molar-refractivity contribution in [2.24, 2.45) is 5.73 Å². The van der Waals surface area contributed by atoms with E-state index in [2.05, 4.69) is 16.6 Å². The number of nitrogens with one attached hydrogen (secondary N) is 1. The van der Waals surface area contributed by atoms with Crippen molar-refractivity contribution in [3.8, 4) is 11.8 Å². The molecule has 0 amide bonds. The van der Waals surface area contributed by atoms with E-state index >= 15 is 0 Å². The molecule has 0 fully saturated rings. The SMILES string of the molecule is CC#CCNS(=O)(=O)CCN. The van der Waals surface area contributed by atoms with Gasteiger partial charge in [-0.15, -0.1) is 5.92 Å². The van der Waals surface area contributed by atoms with E-state index in [-0.39, 0.29) is 18.8 Å². The summed E-state index contributed by atoms with van der Waals surface area (Å²) in [5.41, 5.74) is 5.06. The van der Waals surface area contributed by atoms with E-state index in [1.807, 2.05) is 0 Å². The van der Waals surface area contributed by atoms with E-state index in [1.165, 1.54) is 0 Å². The van der Waals surface area contributed by atoms with Crippen LogP contribution < -0.4 is 10.5 Å². The zero-order valence-electron chi connectivity index (χ0n) is 6.42. The molecule has 0 aliphatic heterocycles. The zero-order valence-corrected chi connectivity index (χ0v) is 7.24. The summed E-state index contributed by atoms with van der Waals surface area (Å²) in [4.78, 5) is 0. The number of rotatable bonds is 4. The fraction of sp³-hybridized carbons (Fsp3) is 0.667. The van der Waals surface area contributed by atoms with E-state index in [4.69, 9.17) is 5.73 Å². The first-order valence-electron chi connectivity index (χ1n) is 3.19. The van der Waals surface area contributed by atoms with E-state index in [0.29, 0.717) is 0 Å². The monoisotopic (exact) mass is 176 g/mol. The average Bonchev–Trinajstić information content (AvgIpc) is 1.87. The number of sulfonamides is 1. The van der Waals surface area contributed by atoms with E-state index < -0.39 is 10.0 Å². The molecule has 0 bridgehead atoms. The maximum Gasteiger partial charge on any atom is 0.213 e. The predicted octanol–water partition coefficient (Wildman–Crippen LogP) is -1.11. The van der Waals surface area contributed by atoms with Crippen LogP contribution in [0.1, 0.15) is 6.92 Å². The summed E-state index contributed by atoms with van der Waals surface area (Å²) < 4.78 is 24.0. The standard InChI is InChI=1S/C6H12N2O2S/c1-2-3-5-8-11(9,10)6-4-7/h8H,4-7H2,1H3. The summed E-state index contributed by atoms with van der Waals surface area (Å²) in [6.07, 6.45) is 0. The Morgan fingerprint density at radius 3 is 2.64 bits per heavy atom. The summed E-state index contributed by atoms with van der Waals surface area (Å²) >= 11 is 0. The van der Waals surface area contributed by atoms with Crippen molar-refractivity contribution in [2.45, 2.75) is 6.92 Å². The van der Waals surface area contributed by atoms with Gasteiger partial charge in [-0.2, -0.15) is 0 Å². The highest BCUT2D eigenvalue weighted by molar-refractivity contribution is 7.89. The van der Waals surface area contributed by atoms with Gasteiger partial charge in [0.05, 0.1) is 12.3 Å². The Hall–Kier alpha value is -0.570. The molecule has 0 radical (unpaired) electrons. The molecule has 0 aliphatic carbocycles. The topological polar surface area (TPSA) is 72.2 Å². The minimum atomic E-state index is -3.18. The fourth-order valence-corrected chi connectivity index (χ4v) is 1.21. The summed E-state index contributed by atoms with van der Waals surface area (Å²) in [6.45, 7) is 1.95. The molecule has 0 saturated heterocycles. The molecule has 0 aliphatic rings. The van der Waals surface area contributed by atoms with Crippen LogP contribution in [0.15, 0.2) is 0 Å². The van der Waals surface area contributed by atoms with Crippen LogP contribution in [0, 0.1) is 11.8 Å². The molecule has 0 unspecified atom stereocenters. The molecule has 0 aromatic rings. The molecule has 4 nitrogen and oxygen atoms in total. The Labute approximate surface area is 67.2 Å². The number of hydrogen-bond donors (Lipinski definition) is 2. The van der Waals surface area contributed by atoms with Crippen molar-refractivity contribution in [1.82, 2.24) is 4.72 Å². The Balaban J connectivity index is 3.80. The van der Waals surface area contributed by atoms with Crippen molar-refractivity contribution in [3.05, 3.63) is 0 Å². The van der Waals surface area contributed by atoms with Crippen LogP contribution in [0.4, 0.5) is 0 Å². The van der Waals surface area contributed by atoms with Crippen LogP contribution in [-0.2, 0) is 10.0 Å². The van der Waals surface area contributed by atoms with Crippen LogP contribution in [-0.4, -0.2) is 27.3 Å². The molecule has 0 rings (SSSR count). The highest BCUT2D eigenvalue weighted by Gasteiger charge is 2.05. The Morgan fingerprint density at radius 2 is 2.18 bits per heavy atom. The van der Waals surface area contributed by atoms with E-state index in [9.17, 15) is 8.42 Å². The normalized spacial score (nSPS) is 10.4. The zero-order chi connectivity index (χ0) is 8.74. The molecule has 0 aromatic carbocycles. The van der Waals surface area contributed by atoms with Gasteiger partial charge in [0, 0.05) is 6.54 Å². The number of hydrogen-bond acceptors (Lipinski definition) is 3. The predicted molar refractivity (Wildman–Crippen MR) is 44.3 cm³/mol. The largest absolute Gasteiger partial charge is 0.329 e. The minimum Gasteiger partial charge on any atom is -0.329 e. The van der Waals surface area contributed by atoms with Gasteiger partial charge >= 0.3 is 0 Å². The van der Waals surface area contributed by atoms with Crippen LogP contribution in [0.5, 0.6) is 0 Å². The Morgan fingerprint density at radius 1 is 1.55 bits per heavy atom. The first-order valence-corrected chi connectivity index (χ1v) is 4.84. The number of nitrogens with two attached hydrogens (primary N) is 1. The molecule has 0 aromatic heterocycles. The summed E-state index contributed by atoms with van der Waals surface area (Å²) in [7, 11) is -3.18. The minimum absolute atomic E-state index is 0.0433. The molecule has 11 heavy (non-hydrogen) atoms. The van der Waals surface area contributed by atoms with E-state index in [0.717, 1.165) is 0 Å². The third-order valence-corrected chi connectivity index (χ3v) is 2.30. The highest BCUT2D eigenvalue weighted by Crippen LogP contribution is 1.78. The molecule has 64 valence electrons. The molecule has 3 N–H and O–H groups in total. The second-order valence-electron chi connectivity index (χ2n) is 1.86. The second kappa shape index (κ2) is 5.13. The first kappa shape index (κ1) is 10.4. The maximum absolute atomic E-state index is 10.8. The van der Waals surface area contributed by atoms with Crippen molar-refractivity contribution in [3.63, 3.8) is 0 Å². The average molecular weight is 176 g/mol. The third kappa shape index (κ3) is 5.85. The van der Waals surface area contributed by atoms with Crippen LogP contribution >= 0.6 is 0 Å². The van der Waals surface area contributed by atoms with Gasteiger partial charge in [-0.05, 0) is 6.92 Å². The van der Waals surface area contributed by atoms with Crippen LogP contribution in [0.3, 0.4) is 0 Å². The summed E-state index contributed by atoms with van der Waals surface area (Å²) in [5.74, 6) is 5.11. The Bertz CT molecular complexity index is 247. The lowest BCUT2D eigenvalue weighted by Gasteiger charge is -1.99. The van der Waals surface area contributed by atoms with Gasteiger partial charge in [0.15, 0.2) is 0 Å². The van der Waals surface area contributed by atoms with Gasteiger partial charge in [0.25, 0.3) is 0 Å². The summed E-state index contributed by atoms with van der Waals surface area (Å²) in [6, 6.07) is 0. The smallest absolute Gasteiger partial charge is 0.213 e. The summed E-state index contributed by atoms with van der Waals surface area (Å²) in [5, 5.41) is 0. The fourth-order valence-electron chi connectivity index (χ4n) is 0.462. The molecular formula is C6H12N2O2S. The molecule has 0 heterocycles. The lowest BCUT2D eigenvalue weighted by Crippen LogP contribution is -2.29. The van der Waals surface area contributed by atoms with Gasteiger partial charge < -0.3 is 5.73 Å². The quantitative estimate of drug-likeness (QED) is 0.533. The second-order valence-corrected chi connectivity index (χ2v) is 3.78. The molecule has 0 atom stereocenters. The van der Waals surface area contributed by atoms with Crippen molar-refractivity contribution in [1.29, 1.82) is 0 Å².